The van der Waals surface area contributed by atoms with E-state index in [2.05, 4.69) is 20.8 Å². The van der Waals surface area contributed by atoms with E-state index in [0.29, 0.717) is 29.0 Å². The lowest BCUT2D eigenvalue weighted by molar-refractivity contribution is -0.137. The van der Waals surface area contributed by atoms with Gasteiger partial charge in [-0.2, -0.15) is 0 Å². The number of unbranched alkanes of at least 4 members (excludes halogenated alkanes) is 14. The van der Waals surface area contributed by atoms with Gasteiger partial charge in [-0.05, 0) is 80.5 Å². The van der Waals surface area contributed by atoms with Gasteiger partial charge < -0.3 is 5.11 Å². The molecule has 1 N–H and O–H groups in total. The molecule has 3 fully saturated rings. The monoisotopic (exact) mass is 582 g/mol. The predicted octanol–water partition coefficient (Wildman–Crippen LogP) is 10.5. The molecule has 3 saturated carbocycles. The highest BCUT2D eigenvalue weighted by Crippen LogP contribution is 2.63. The first-order chi connectivity index (χ1) is 19.3. The number of carbonyl (C=O) groups excluding carboxylic acids is 1. The van der Waals surface area contributed by atoms with Crippen LogP contribution < -0.4 is 0 Å². The highest BCUT2D eigenvalue weighted by Gasteiger charge is 2.52. The topological polar surface area (TPSA) is 54.4 Å². The Morgan fingerprint density at radius 3 is 1.88 bits per heavy atom. The zero-order chi connectivity index (χ0) is 28.8. The van der Waals surface area contributed by atoms with Gasteiger partial charge in [-0.1, -0.05) is 122 Å². The Morgan fingerprint density at radius 1 is 0.756 bits per heavy atom. The molecule has 4 aliphatic carbocycles. The molecule has 0 radical (unpaired) electrons. The molecule has 41 heavy (non-hydrogen) atoms. The van der Waals surface area contributed by atoms with E-state index in [1.807, 2.05) is 11.1 Å². The lowest BCUT2D eigenvalue weighted by atomic mass is 9.49. The number of fused-ring (bicyclic) bond motifs is 4. The first-order valence-corrected chi connectivity index (χ1v) is 17.8. The van der Waals surface area contributed by atoms with E-state index in [4.69, 9.17) is 5.11 Å². The van der Waals surface area contributed by atoms with Crippen molar-refractivity contribution in [1.29, 1.82) is 0 Å². The van der Waals surface area contributed by atoms with E-state index in [1.54, 1.807) is 0 Å². The van der Waals surface area contributed by atoms with Gasteiger partial charge in [0.2, 0.25) is 0 Å². The second-order valence-electron chi connectivity index (χ2n) is 14.6. The van der Waals surface area contributed by atoms with Crippen LogP contribution in [0.2, 0.25) is 0 Å². The van der Waals surface area contributed by atoms with Crippen molar-refractivity contribution in [2.24, 2.45) is 22.7 Å². The highest BCUT2D eigenvalue weighted by atomic mass is 24.3. The van der Waals surface area contributed by atoms with Gasteiger partial charge in [0.05, 0.1) is 0 Å². The third-order valence-electron chi connectivity index (χ3n) is 11.6. The fraction of sp³-hybridized carbons (Fsp3) is 0.892. The van der Waals surface area contributed by atoms with Gasteiger partial charge in [0, 0.05) is 19.3 Å². The number of allylic oxidation sites excluding steroid dienone is 2. The molecular formula is C37H66MgO3. The van der Waals surface area contributed by atoms with E-state index in [9.17, 15) is 9.59 Å². The van der Waals surface area contributed by atoms with Crippen LogP contribution in [0, 0.1) is 22.7 Å². The number of Topliss-reactive ketones (excluding diaryl/α,β-unsaturated/α-hetero) is 1. The van der Waals surface area contributed by atoms with Crippen molar-refractivity contribution in [3.05, 3.63) is 11.1 Å². The van der Waals surface area contributed by atoms with Crippen LogP contribution in [-0.4, -0.2) is 39.9 Å². The maximum Gasteiger partial charge on any atom is 0.316 e. The summed E-state index contributed by atoms with van der Waals surface area (Å²) in [6.45, 7) is 7.32. The average Bonchev–Trinajstić information content (AvgIpc) is 3.33. The van der Waals surface area contributed by atoms with Crippen LogP contribution in [0.25, 0.3) is 0 Å². The van der Waals surface area contributed by atoms with E-state index in [0.717, 1.165) is 38.0 Å². The number of carboxylic acid groups (broad SMARTS) is 1. The molecule has 4 heteroatoms. The summed E-state index contributed by atoms with van der Waals surface area (Å²) in [5.41, 5.74) is 4.73. The number of carboxylic acids is 1. The van der Waals surface area contributed by atoms with Crippen molar-refractivity contribution >= 4 is 34.8 Å². The second kappa shape index (κ2) is 19.1. The molecule has 234 valence electrons. The maximum atomic E-state index is 11.8. The Labute approximate surface area is 270 Å². The SMILES string of the molecule is CCCCCCCCCCCCCCCCCC(=O)O.C[C@@]12CCCC1=C1CCC3CC(=O)CC[C@]3(C)[C@H]1CC2.[MgH2]. The van der Waals surface area contributed by atoms with Crippen LogP contribution in [0.3, 0.4) is 0 Å². The predicted molar refractivity (Wildman–Crippen MR) is 177 cm³/mol. The maximum absolute atomic E-state index is 11.8. The van der Waals surface area contributed by atoms with Crippen LogP contribution in [0.1, 0.15) is 188 Å². The molecule has 0 aromatic carbocycles. The molecular weight excluding hydrogens is 517 g/mol. The smallest absolute Gasteiger partial charge is 0.316 e. The zero-order valence-corrected chi connectivity index (χ0v) is 26.8. The number of rotatable bonds is 16. The Morgan fingerprint density at radius 2 is 1.32 bits per heavy atom. The van der Waals surface area contributed by atoms with E-state index in [1.165, 1.54) is 128 Å². The molecule has 4 atom stereocenters. The molecule has 1 unspecified atom stereocenters. The lowest BCUT2D eigenvalue weighted by Gasteiger charge is -2.55. The van der Waals surface area contributed by atoms with Crippen LogP contribution in [0.4, 0.5) is 0 Å². The normalized spacial score (nSPS) is 28.6. The molecule has 4 aliphatic rings. The van der Waals surface area contributed by atoms with Gasteiger partial charge in [-0.15, -0.1) is 0 Å². The number of aliphatic carboxylic acids is 1. The van der Waals surface area contributed by atoms with Crippen LogP contribution in [-0.2, 0) is 9.59 Å². The van der Waals surface area contributed by atoms with Gasteiger partial charge in [-0.25, -0.2) is 0 Å². The average molecular weight is 583 g/mol. The highest BCUT2D eigenvalue weighted by molar-refractivity contribution is 5.79. The third kappa shape index (κ3) is 11.3. The summed E-state index contributed by atoms with van der Waals surface area (Å²) < 4.78 is 0. The summed E-state index contributed by atoms with van der Waals surface area (Å²) in [6, 6.07) is 0. The number of hydrogen-bond donors (Lipinski definition) is 1. The van der Waals surface area contributed by atoms with Crippen molar-refractivity contribution in [3.8, 4) is 0 Å². The molecule has 0 heterocycles. The van der Waals surface area contributed by atoms with Crippen LogP contribution in [0.5, 0.6) is 0 Å². The van der Waals surface area contributed by atoms with E-state index in [-0.39, 0.29) is 23.1 Å². The van der Waals surface area contributed by atoms with Gasteiger partial charge in [0.1, 0.15) is 5.78 Å². The molecule has 0 aromatic heterocycles. The van der Waals surface area contributed by atoms with E-state index >= 15 is 0 Å². The quantitative estimate of drug-likeness (QED) is 0.112. The Kier molecular flexibility index (Phi) is 17.2. The summed E-state index contributed by atoms with van der Waals surface area (Å²) in [5, 5.41) is 8.52. The van der Waals surface area contributed by atoms with Crippen molar-refractivity contribution in [1.82, 2.24) is 0 Å². The largest absolute Gasteiger partial charge is 0.481 e. The van der Waals surface area contributed by atoms with Gasteiger partial charge in [0.25, 0.3) is 0 Å². The third-order valence-corrected chi connectivity index (χ3v) is 11.6. The van der Waals surface area contributed by atoms with Gasteiger partial charge in [-0.3, -0.25) is 9.59 Å². The lowest BCUT2D eigenvalue weighted by Crippen LogP contribution is -2.46. The Hall–Kier alpha value is -0.354. The molecule has 0 amide bonds. The zero-order valence-electron chi connectivity index (χ0n) is 26.8. The minimum Gasteiger partial charge on any atom is -0.481 e. The number of ketones is 1. The van der Waals surface area contributed by atoms with Crippen molar-refractivity contribution < 1.29 is 14.7 Å². The molecule has 0 aromatic rings. The van der Waals surface area contributed by atoms with Crippen LogP contribution >= 0.6 is 0 Å². The molecule has 0 bridgehead atoms. The fourth-order valence-corrected chi connectivity index (χ4v) is 8.92. The molecule has 0 aliphatic heterocycles. The van der Waals surface area contributed by atoms with Gasteiger partial charge >= 0.3 is 29.0 Å². The summed E-state index contributed by atoms with van der Waals surface area (Å²) in [4.78, 5) is 22.2. The van der Waals surface area contributed by atoms with Crippen molar-refractivity contribution in [3.63, 3.8) is 0 Å². The van der Waals surface area contributed by atoms with Crippen molar-refractivity contribution in [2.75, 3.05) is 0 Å². The van der Waals surface area contributed by atoms with Gasteiger partial charge in [0.15, 0.2) is 0 Å². The molecule has 0 saturated heterocycles. The Bertz CT molecular complexity index is 819. The van der Waals surface area contributed by atoms with Crippen LogP contribution in [0.15, 0.2) is 11.1 Å². The number of hydrogen-bond acceptors (Lipinski definition) is 2. The van der Waals surface area contributed by atoms with E-state index < -0.39 is 5.97 Å². The van der Waals surface area contributed by atoms with Crippen molar-refractivity contribution in [2.45, 2.75) is 188 Å². The fourth-order valence-electron chi connectivity index (χ4n) is 8.92. The summed E-state index contributed by atoms with van der Waals surface area (Å²) in [7, 11) is 0. The summed E-state index contributed by atoms with van der Waals surface area (Å²) in [5.74, 6) is 1.38. The Balaban J connectivity index is 0.000000280. The minimum atomic E-state index is -0.653. The summed E-state index contributed by atoms with van der Waals surface area (Å²) in [6.07, 6.45) is 32.7. The minimum absolute atomic E-state index is 0. The first-order valence-electron chi connectivity index (χ1n) is 17.8. The number of carbonyl (C=O) groups is 2. The molecule has 4 rings (SSSR count). The standard InChI is InChI=1S/C19H28O.C18H36O2.Mg.2H/c1-18-9-3-4-16(18)15-6-5-13-12-14(20)7-11-19(13,2)17(15)8-10-18;1-2-3-4-5-6-7-8-9-10-11-12-13-14-15-16-17-18(19)20;;;/h13,17H,3-12H2,1-2H3;2-17H2,1H3,(H,19,20);;;/t13?,17-,18-,19-;;;;/m0..../s1. The first kappa shape index (κ1) is 36.8. The summed E-state index contributed by atoms with van der Waals surface area (Å²) >= 11 is 0. The molecule has 3 nitrogen and oxygen atoms in total. The molecule has 0 spiro atoms. The second-order valence-corrected chi connectivity index (χ2v) is 14.6.